The van der Waals surface area contributed by atoms with Crippen molar-refractivity contribution in [2.45, 2.75) is 11.8 Å². The number of fused-ring (bicyclic) bond motifs is 1. The number of benzene rings is 1. The molecule has 1 aromatic carbocycles. The minimum absolute atomic E-state index is 0.338. The van der Waals surface area contributed by atoms with Crippen molar-refractivity contribution in [1.82, 2.24) is 4.98 Å². The Morgan fingerprint density at radius 2 is 2.14 bits per heavy atom. The Morgan fingerprint density at radius 1 is 1.43 bits per heavy atom. The zero-order chi connectivity index (χ0) is 10.3. The maximum Gasteiger partial charge on any atom is 0.332 e. The summed E-state index contributed by atoms with van der Waals surface area (Å²) in [6, 6.07) is 4.05. The van der Waals surface area contributed by atoms with Crippen LogP contribution >= 0.6 is 11.3 Å². The van der Waals surface area contributed by atoms with E-state index in [1.807, 2.05) is 6.92 Å². The Morgan fingerprint density at radius 3 is 2.79 bits per heavy atom. The molecule has 0 spiro atoms. The summed E-state index contributed by atoms with van der Waals surface area (Å²) in [4.78, 5) is 3.74. The van der Waals surface area contributed by atoms with Crippen LogP contribution in [0.2, 0.25) is 0 Å². The number of aromatic nitrogens is 1. The van der Waals surface area contributed by atoms with Gasteiger partial charge in [-0.2, -0.15) is 8.42 Å². The summed E-state index contributed by atoms with van der Waals surface area (Å²) in [5.74, 6) is 0. The fraction of sp³-hybridized carbons (Fsp3) is 0.125. The van der Waals surface area contributed by atoms with Crippen LogP contribution in [-0.4, -0.2) is 13.4 Å². The van der Waals surface area contributed by atoms with Gasteiger partial charge in [0, 0.05) is 0 Å². The topological polar surface area (TPSA) is 47.0 Å². The highest BCUT2D eigenvalue weighted by molar-refractivity contribution is 7.86. The van der Waals surface area contributed by atoms with Gasteiger partial charge in [0.2, 0.25) is 0 Å². The first kappa shape index (κ1) is 9.54. The van der Waals surface area contributed by atoms with E-state index in [1.165, 1.54) is 23.5 Å². The van der Waals surface area contributed by atoms with Gasteiger partial charge in [0.15, 0.2) is 0 Å². The molecule has 74 valence electrons. The van der Waals surface area contributed by atoms with E-state index in [4.69, 9.17) is 0 Å². The number of thiazole rings is 1. The Hall–Kier alpha value is -1.01. The van der Waals surface area contributed by atoms with Gasteiger partial charge in [-0.15, -0.1) is 15.2 Å². The van der Waals surface area contributed by atoms with Crippen LogP contribution in [0.4, 0.5) is 3.89 Å². The summed E-state index contributed by atoms with van der Waals surface area (Å²) in [6.45, 7) is 1.81. The summed E-state index contributed by atoms with van der Waals surface area (Å²) in [5.41, 5.74) is 0.520. The second-order valence-electron chi connectivity index (χ2n) is 2.80. The van der Waals surface area contributed by atoms with Crippen molar-refractivity contribution in [3.63, 3.8) is 0 Å². The molecule has 0 saturated heterocycles. The van der Waals surface area contributed by atoms with Crippen molar-refractivity contribution in [2.75, 3.05) is 0 Å². The van der Waals surface area contributed by atoms with E-state index >= 15 is 0 Å². The molecule has 0 bridgehead atoms. The predicted molar refractivity (Wildman–Crippen MR) is 52.7 cm³/mol. The van der Waals surface area contributed by atoms with Gasteiger partial charge in [0.1, 0.15) is 4.90 Å². The van der Waals surface area contributed by atoms with Crippen LogP contribution in [0.15, 0.2) is 23.1 Å². The molecular weight excluding hydrogens is 225 g/mol. The Bertz CT molecular complexity index is 588. The van der Waals surface area contributed by atoms with Crippen LogP contribution < -0.4 is 0 Å². The molecule has 0 radical (unpaired) electrons. The molecule has 1 aromatic heterocycles. The SMILES string of the molecule is Cc1nc2cc(S(=O)(=O)F)ccc2s1. The molecule has 0 saturated carbocycles. The van der Waals surface area contributed by atoms with Crippen molar-refractivity contribution in [3.8, 4) is 0 Å². The normalized spacial score (nSPS) is 12.1. The minimum Gasteiger partial charge on any atom is -0.241 e. The summed E-state index contributed by atoms with van der Waals surface area (Å²) in [6.07, 6.45) is 0. The molecule has 0 aliphatic heterocycles. The average Bonchev–Trinajstić information content (AvgIpc) is 2.41. The highest BCUT2D eigenvalue weighted by atomic mass is 32.3. The first-order valence-electron chi connectivity index (χ1n) is 3.79. The highest BCUT2D eigenvalue weighted by Gasteiger charge is 2.13. The largest absolute Gasteiger partial charge is 0.332 e. The van der Waals surface area contributed by atoms with Crippen molar-refractivity contribution in [1.29, 1.82) is 0 Å². The second-order valence-corrected chi connectivity index (χ2v) is 5.38. The molecule has 1 heterocycles. The zero-order valence-corrected chi connectivity index (χ0v) is 8.82. The summed E-state index contributed by atoms with van der Waals surface area (Å²) in [5, 5.41) is 0.827. The first-order valence-corrected chi connectivity index (χ1v) is 5.99. The number of hydrogen-bond donors (Lipinski definition) is 0. The lowest BCUT2D eigenvalue weighted by atomic mass is 10.3. The van der Waals surface area contributed by atoms with Crippen LogP contribution in [0.1, 0.15) is 5.01 Å². The van der Waals surface area contributed by atoms with E-state index in [0.29, 0.717) is 5.52 Å². The molecule has 0 amide bonds. The number of nitrogens with zero attached hydrogens (tertiary/aromatic N) is 1. The zero-order valence-electron chi connectivity index (χ0n) is 7.19. The van der Waals surface area contributed by atoms with E-state index in [1.54, 1.807) is 6.07 Å². The summed E-state index contributed by atoms with van der Waals surface area (Å²) < 4.78 is 34.6. The van der Waals surface area contributed by atoms with Gasteiger partial charge in [-0.3, -0.25) is 0 Å². The van der Waals surface area contributed by atoms with Crippen LogP contribution in [0.5, 0.6) is 0 Å². The van der Waals surface area contributed by atoms with Crippen LogP contribution in [0.3, 0.4) is 0 Å². The van der Waals surface area contributed by atoms with Crippen LogP contribution in [-0.2, 0) is 10.2 Å². The molecule has 0 aliphatic rings. The lowest BCUT2D eigenvalue weighted by molar-refractivity contribution is 0.552. The molecule has 0 N–H and O–H groups in total. The summed E-state index contributed by atoms with van der Waals surface area (Å²) in [7, 11) is -4.62. The smallest absolute Gasteiger partial charge is 0.241 e. The van der Waals surface area contributed by atoms with Gasteiger partial charge in [0.05, 0.1) is 15.2 Å². The van der Waals surface area contributed by atoms with Gasteiger partial charge in [-0.1, -0.05) is 0 Å². The Balaban J connectivity index is 2.74. The standard InChI is InChI=1S/C8H6FNO2S2/c1-5-10-7-4-6(14(9,11)12)2-3-8(7)13-5/h2-4H,1H3. The van der Waals surface area contributed by atoms with E-state index < -0.39 is 10.2 Å². The van der Waals surface area contributed by atoms with Crippen LogP contribution in [0, 0.1) is 6.92 Å². The third-order valence-electron chi connectivity index (χ3n) is 1.75. The number of rotatable bonds is 1. The number of hydrogen-bond acceptors (Lipinski definition) is 4. The van der Waals surface area contributed by atoms with Gasteiger partial charge < -0.3 is 0 Å². The number of halogens is 1. The van der Waals surface area contributed by atoms with E-state index in [2.05, 4.69) is 4.98 Å². The Labute approximate surface area is 84.4 Å². The Kier molecular flexibility index (Phi) is 2.04. The van der Waals surface area contributed by atoms with Gasteiger partial charge >= 0.3 is 10.2 Å². The fourth-order valence-corrected chi connectivity index (χ4v) is 2.46. The number of aryl methyl sites for hydroxylation is 1. The molecule has 0 unspecified atom stereocenters. The van der Waals surface area contributed by atoms with Gasteiger partial charge in [-0.25, -0.2) is 4.98 Å². The molecule has 2 rings (SSSR count). The summed E-state index contributed by atoms with van der Waals surface area (Å²) >= 11 is 1.44. The molecule has 0 fully saturated rings. The minimum atomic E-state index is -4.62. The lowest BCUT2D eigenvalue weighted by Gasteiger charge is -1.92. The van der Waals surface area contributed by atoms with Crippen molar-refractivity contribution in [2.24, 2.45) is 0 Å². The lowest BCUT2D eigenvalue weighted by Crippen LogP contribution is -1.90. The van der Waals surface area contributed by atoms with Crippen LogP contribution in [0.25, 0.3) is 10.2 Å². The first-order chi connectivity index (χ1) is 6.47. The van der Waals surface area contributed by atoms with E-state index in [0.717, 1.165) is 9.71 Å². The third kappa shape index (κ3) is 1.62. The molecule has 14 heavy (non-hydrogen) atoms. The fourth-order valence-electron chi connectivity index (χ4n) is 1.17. The van der Waals surface area contributed by atoms with E-state index in [-0.39, 0.29) is 4.90 Å². The monoisotopic (exact) mass is 231 g/mol. The quantitative estimate of drug-likeness (QED) is 0.707. The molecule has 2 aromatic rings. The third-order valence-corrected chi connectivity index (χ3v) is 3.52. The molecule has 6 heteroatoms. The molecular formula is C8H6FNO2S2. The molecule has 0 aliphatic carbocycles. The van der Waals surface area contributed by atoms with Gasteiger partial charge in [-0.05, 0) is 25.1 Å². The van der Waals surface area contributed by atoms with Gasteiger partial charge in [0.25, 0.3) is 0 Å². The second kappa shape index (κ2) is 2.99. The average molecular weight is 231 g/mol. The maximum atomic E-state index is 12.6. The maximum absolute atomic E-state index is 12.6. The van der Waals surface area contributed by atoms with Crippen molar-refractivity contribution < 1.29 is 12.3 Å². The molecule has 3 nitrogen and oxygen atoms in total. The predicted octanol–water partition coefficient (Wildman–Crippen LogP) is 2.26. The van der Waals surface area contributed by atoms with Crippen molar-refractivity contribution in [3.05, 3.63) is 23.2 Å². The highest BCUT2D eigenvalue weighted by Crippen LogP contribution is 2.24. The van der Waals surface area contributed by atoms with Crippen molar-refractivity contribution >= 4 is 31.8 Å². The molecule has 0 atom stereocenters. The van der Waals surface area contributed by atoms with E-state index in [9.17, 15) is 12.3 Å².